The summed E-state index contributed by atoms with van der Waals surface area (Å²) in [5, 5.41) is 12.3. The van der Waals surface area contributed by atoms with Crippen molar-refractivity contribution < 1.29 is 37.7 Å². The lowest BCUT2D eigenvalue weighted by Crippen LogP contribution is -2.46. The Hall–Kier alpha value is -3.14. The number of carbonyl (C=O) groups is 4. The topological polar surface area (TPSA) is 161 Å². The van der Waals surface area contributed by atoms with Crippen LogP contribution in [0.3, 0.4) is 0 Å². The van der Waals surface area contributed by atoms with Crippen molar-refractivity contribution in [3.05, 3.63) is 43.0 Å². The van der Waals surface area contributed by atoms with Gasteiger partial charge in [0, 0.05) is 12.8 Å². The quantitative estimate of drug-likeness (QED) is 0.109. The highest BCUT2D eigenvalue weighted by atomic mass is 31.2. The molecule has 3 unspecified atom stereocenters. The standard InChI is InChI=1S/C25H36N3O8P/c1-6-19(29)12-14-22(24(31)34-17(2)3)27-37(33,36-21-10-8-7-9-11-21)28-23(15-13-20(30)16-26)25(32)35-18(4)5/h6-11,16-18,22-23,26H,1,12-15H2,2-5H3,(H2,27,28,33). The van der Waals surface area contributed by atoms with Crippen molar-refractivity contribution >= 4 is 37.4 Å². The van der Waals surface area contributed by atoms with Crippen LogP contribution >= 0.6 is 7.67 Å². The van der Waals surface area contributed by atoms with E-state index in [1.807, 2.05) is 0 Å². The summed E-state index contributed by atoms with van der Waals surface area (Å²) in [6.07, 6.45) is 0.206. The number of nitrogens with one attached hydrogen (secondary N) is 3. The molecule has 12 heteroatoms. The van der Waals surface area contributed by atoms with E-state index in [4.69, 9.17) is 19.4 Å². The summed E-state index contributed by atoms with van der Waals surface area (Å²) in [5.74, 6) is -2.28. The fourth-order valence-electron chi connectivity index (χ4n) is 2.98. The number of ketones is 2. The van der Waals surface area contributed by atoms with E-state index in [1.165, 1.54) is 12.1 Å². The van der Waals surface area contributed by atoms with E-state index in [-0.39, 0.29) is 37.2 Å². The molecule has 0 aliphatic carbocycles. The largest absolute Gasteiger partial charge is 0.462 e. The first-order chi connectivity index (χ1) is 17.4. The van der Waals surface area contributed by atoms with Crippen molar-refractivity contribution in [3.8, 4) is 5.75 Å². The van der Waals surface area contributed by atoms with E-state index >= 15 is 0 Å². The Balaban J connectivity index is 3.38. The minimum atomic E-state index is -4.29. The average Bonchev–Trinajstić information content (AvgIpc) is 2.83. The molecule has 0 saturated carbocycles. The lowest BCUT2D eigenvalue weighted by atomic mass is 10.1. The summed E-state index contributed by atoms with van der Waals surface area (Å²) < 4.78 is 30.4. The van der Waals surface area contributed by atoms with Crippen LogP contribution in [0.15, 0.2) is 43.0 Å². The monoisotopic (exact) mass is 537 g/mol. The highest BCUT2D eigenvalue weighted by Gasteiger charge is 2.38. The van der Waals surface area contributed by atoms with Gasteiger partial charge in [-0.1, -0.05) is 24.8 Å². The third-order valence-electron chi connectivity index (χ3n) is 4.65. The maximum absolute atomic E-state index is 14.1. The number of rotatable bonds is 18. The van der Waals surface area contributed by atoms with Gasteiger partial charge in [0.1, 0.15) is 17.8 Å². The molecule has 11 nitrogen and oxygen atoms in total. The summed E-state index contributed by atoms with van der Waals surface area (Å²) in [4.78, 5) is 49.2. The van der Waals surface area contributed by atoms with Crippen molar-refractivity contribution in [2.24, 2.45) is 0 Å². The molecular weight excluding hydrogens is 501 g/mol. The van der Waals surface area contributed by atoms with Crippen molar-refractivity contribution in [1.82, 2.24) is 10.2 Å². The van der Waals surface area contributed by atoms with E-state index in [0.717, 1.165) is 6.08 Å². The van der Waals surface area contributed by atoms with Gasteiger partial charge in [-0.15, -0.1) is 0 Å². The summed E-state index contributed by atoms with van der Waals surface area (Å²) in [6, 6.07) is 5.51. The molecule has 0 fully saturated rings. The lowest BCUT2D eigenvalue weighted by molar-refractivity contribution is -0.150. The maximum atomic E-state index is 14.1. The molecule has 0 heterocycles. The number of ether oxygens (including phenoxy) is 2. The van der Waals surface area contributed by atoms with Crippen LogP contribution in [-0.4, -0.2) is 54.0 Å². The molecule has 0 aliphatic rings. The summed E-state index contributed by atoms with van der Waals surface area (Å²) in [7, 11) is -4.29. The predicted molar refractivity (Wildman–Crippen MR) is 138 cm³/mol. The predicted octanol–water partition coefficient (Wildman–Crippen LogP) is 3.53. The molecule has 3 atom stereocenters. The van der Waals surface area contributed by atoms with Crippen LogP contribution in [-0.2, 0) is 33.2 Å². The molecule has 0 saturated heterocycles. The highest BCUT2D eigenvalue weighted by molar-refractivity contribution is 7.55. The normalized spacial score (nSPS) is 14.2. The Morgan fingerprint density at radius 2 is 1.35 bits per heavy atom. The van der Waals surface area contributed by atoms with E-state index in [2.05, 4.69) is 16.8 Å². The zero-order valence-electron chi connectivity index (χ0n) is 21.6. The van der Waals surface area contributed by atoms with Gasteiger partial charge in [-0.25, -0.2) is 14.7 Å². The molecule has 37 heavy (non-hydrogen) atoms. The Kier molecular flexibility index (Phi) is 13.7. The summed E-state index contributed by atoms with van der Waals surface area (Å²) >= 11 is 0. The Labute approximate surface area is 217 Å². The fraction of sp³-hybridized carbons (Fsp3) is 0.480. The van der Waals surface area contributed by atoms with Gasteiger partial charge < -0.3 is 19.4 Å². The van der Waals surface area contributed by atoms with Gasteiger partial charge in [-0.3, -0.25) is 19.2 Å². The van der Waals surface area contributed by atoms with Gasteiger partial charge in [0.05, 0.1) is 18.4 Å². The number of carbonyl (C=O) groups excluding carboxylic acids is 4. The first kappa shape index (κ1) is 31.9. The van der Waals surface area contributed by atoms with E-state index in [0.29, 0.717) is 6.21 Å². The second kappa shape index (κ2) is 15.9. The molecule has 0 radical (unpaired) electrons. The molecule has 1 aromatic rings. The molecule has 0 spiro atoms. The first-order valence-corrected chi connectivity index (χ1v) is 13.5. The van der Waals surface area contributed by atoms with Crippen molar-refractivity contribution in [1.29, 1.82) is 5.41 Å². The third kappa shape index (κ3) is 12.6. The molecular formula is C25H36N3O8P. The maximum Gasteiger partial charge on any atom is 0.391 e. The minimum absolute atomic E-state index is 0.0897. The third-order valence-corrected chi connectivity index (χ3v) is 6.42. The molecule has 0 aliphatic heterocycles. The van der Waals surface area contributed by atoms with Crippen LogP contribution in [0.1, 0.15) is 53.4 Å². The van der Waals surface area contributed by atoms with Crippen LogP contribution < -0.4 is 14.7 Å². The van der Waals surface area contributed by atoms with Gasteiger partial charge in [-0.05, 0) is 58.7 Å². The molecule has 1 rings (SSSR count). The number of allylic oxidation sites excluding steroid dienone is 1. The molecule has 0 aromatic heterocycles. The molecule has 204 valence electrons. The highest BCUT2D eigenvalue weighted by Crippen LogP contribution is 2.41. The second-order valence-corrected chi connectivity index (χ2v) is 10.5. The zero-order valence-corrected chi connectivity index (χ0v) is 22.5. The lowest BCUT2D eigenvalue weighted by Gasteiger charge is -2.29. The van der Waals surface area contributed by atoms with Crippen LogP contribution in [0.5, 0.6) is 5.75 Å². The summed E-state index contributed by atoms with van der Waals surface area (Å²) in [5.41, 5.74) is 0. The molecule has 0 bridgehead atoms. The molecule has 0 amide bonds. The Bertz CT molecular complexity index is 941. The number of hydrogen-bond acceptors (Lipinski definition) is 9. The number of esters is 2. The van der Waals surface area contributed by atoms with Crippen molar-refractivity contribution in [2.75, 3.05) is 0 Å². The van der Waals surface area contributed by atoms with Crippen LogP contribution in [0, 0.1) is 5.41 Å². The Morgan fingerprint density at radius 1 is 0.892 bits per heavy atom. The SMILES string of the molecule is C=CC(=O)CCC(NP(=O)(NC(CCC(=O)C=N)C(=O)OC(C)C)Oc1ccccc1)C(=O)OC(C)C. The van der Waals surface area contributed by atoms with Crippen molar-refractivity contribution in [3.63, 3.8) is 0 Å². The molecule has 1 aromatic carbocycles. The van der Waals surface area contributed by atoms with Crippen LogP contribution in [0.25, 0.3) is 0 Å². The van der Waals surface area contributed by atoms with Crippen LogP contribution in [0.2, 0.25) is 0 Å². The number of para-hydroxylation sites is 1. The van der Waals surface area contributed by atoms with Gasteiger partial charge in [0.2, 0.25) is 0 Å². The first-order valence-electron chi connectivity index (χ1n) is 11.9. The van der Waals surface area contributed by atoms with E-state index in [1.54, 1.807) is 45.9 Å². The molecule has 3 N–H and O–H groups in total. The van der Waals surface area contributed by atoms with Gasteiger partial charge in [0.25, 0.3) is 0 Å². The number of benzene rings is 1. The van der Waals surface area contributed by atoms with E-state index in [9.17, 15) is 23.7 Å². The fourth-order valence-corrected chi connectivity index (χ4v) is 4.86. The van der Waals surface area contributed by atoms with E-state index < -0.39 is 49.7 Å². The van der Waals surface area contributed by atoms with Crippen molar-refractivity contribution in [2.45, 2.75) is 77.7 Å². The minimum Gasteiger partial charge on any atom is -0.462 e. The summed E-state index contributed by atoms with van der Waals surface area (Å²) in [6.45, 7) is 9.95. The smallest absolute Gasteiger partial charge is 0.391 e. The van der Waals surface area contributed by atoms with Gasteiger partial charge in [0.15, 0.2) is 11.6 Å². The van der Waals surface area contributed by atoms with Crippen LogP contribution in [0.4, 0.5) is 0 Å². The Morgan fingerprint density at radius 3 is 1.76 bits per heavy atom. The second-order valence-electron chi connectivity index (χ2n) is 8.65. The number of Topliss-reactive ketones (excluding diaryl/α,β-unsaturated/α-hetero) is 1. The van der Waals surface area contributed by atoms with Gasteiger partial charge >= 0.3 is 19.6 Å². The van der Waals surface area contributed by atoms with Gasteiger partial charge in [-0.2, -0.15) is 0 Å². The zero-order chi connectivity index (χ0) is 28.0. The number of hydrogen-bond donors (Lipinski definition) is 3. The average molecular weight is 538 g/mol.